The van der Waals surface area contributed by atoms with Crippen molar-refractivity contribution in [2.24, 2.45) is 0 Å². The standard InChI is InChI=1S/C21H15Cl6N5O4/c22-20(23,24)17(29-15(34)12-7-3-1-4-8-12)31-14(33)11-28-32(19(31)36)18(21(25,26)27)30-16(35)13-9-5-2-6-10-13/h1-11,17-18H,(H,29,34)(H,30,35). The van der Waals surface area contributed by atoms with Gasteiger partial charge < -0.3 is 10.6 Å². The molecule has 0 spiro atoms. The van der Waals surface area contributed by atoms with Gasteiger partial charge in [0.15, 0.2) is 12.3 Å². The number of carbonyl (C=O) groups is 2. The molecule has 0 fully saturated rings. The molecule has 2 amide bonds. The molecule has 0 bridgehead atoms. The Labute approximate surface area is 233 Å². The second kappa shape index (κ2) is 11.4. The number of aromatic nitrogens is 3. The minimum absolute atomic E-state index is 0.161. The van der Waals surface area contributed by atoms with Crippen LogP contribution in [0.25, 0.3) is 0 Å². The molecule has 2 atom stereocenters. The summed E-state index contributed by atoms with van der Waals surface area (Å²) >= 11 is 36.2. The van der Waals surface area contributed by atoms with Crippen LogP contribution in [0.15, 0.2) is 76.4 Å². The molecule has 36 heavy (non-hydrogen) atoms. The third-order valence-corrected chi connectivity index (χ3v) is 5.90. The van der Waals surface area contributed by atoms with Gasteiger partial charge >= 0.3 is 5.69 Å². The van der Waals surface area contributed by atoms with Crippen LogP contribution >= 0.6 is 69.6 Å². The maximum Gasteiger partial charge on any atom is 0.351 e. The van der Waals surface area contributed by atoms with E-state index in [4.69, 9.17) is 69.6 Å². The Morgan fingerprint density at radius 2 is 1.14 bits per heavy atom. The van der Waals surface area contributed by atoms with Gasteiger partial charge in [-0.2, -0.15) is 9.78 Å². The van der Waals surface area contributed by atoms with E-state index in [1.165, 1.54) is 24.3 Å². The van der Waals surface area contributed by atoms with Gasteiger partial charge in [0, 0.05) is 11.1 Å². The number of halogens is 6. The van der Waals surface area contributed by atoms with Gasteiger partial charge in [0.2, 0.25) is 7.59 Å². The molecule has 0 saturated heterocycles. The van der Waals surface area contributed by atoms with Gasteiger partial charge in [0.05, 0.1) is 0 Å². The average Bonchev–Trinajstić information content (AvgIpc) is 2.82. The molecule has 0 saturated carbocycles. The largest absolute Gasteiger partial charge is 0.351 e. The van der Waals surface area contributed by atoms with Crippen molar-refractivity contribution in [2.45, 2.75) is 19.9 Å². The monoisotopic (exact) mass is 611 g/mol. The van der Waals surface area contributed by atoms with Gasteiger partial charge in [-0.15, -0.1) is 0 Å². The molecule has 9 nitrogen and oxygen atoms in total. The molecule has 0 radical (unpaired) electrons. The van der Waals surface area contributed by atoms with Crippen LogP contribution in [-0.4, -0.2) is 33.7 Å². The zero-order chi connectivity index (χ0) is 26.7. The minimum atomic E-state index is -2.39. The number of nitrogens with one attached hydrogen (secondary N) is 2. The predicted molar refractivity (Wildman–Crippen MR) is 139 cm³/mol. The maximum absolute atomic E-state index is 13.4. The van der Waals surface area contributed by atoms with Gasteiger partial charge in [-0.1, -0.05) is 106 Å². The Morgan fingerprint density at radius 3 is 1.56 bits per heavy atom. The summed E-state index contributed by atoms with van der Waals surface area (Å²) in [4.78, 5) is 51.5. The fourth-order valence-corrected chi connectivity index (χ4v) is 3.91. The Balaban J connectivity index is 2.08. The third kappa shape index (κ3) is 6.73. The van der Waals surface area contributed by atoms with E-state index >= 15 is 0 Å². The van der Waals surface area contributed by atoms with Crippen LogP contribution in [0.5, 0.6) is 0 Å². The summed E-state index contributed by atoms with van der Waals surface area (Å²) in [6.07, 6.45) is -2.85. The number of benzene rings is 2. The summed E-state index contributed by atoms with van der Waals surface area (Å²) in [6, 6.07) is 15.7. The second-order valence-electron chi connectivity index (χ2n) is 7.15. The second-order valence-corrected chi connectivity index (χ2v) is 11.9. The lowest BCUT2D eigenvalue weighted by Crippen LogP contribution is -2.55. The highest BCUT2D eigenvalue weighted by Crippen LogP contribution is 2.37. The lowest BCUT2D eigenvalue weighted by Gasteiger charge is -2.29. The third-order valence-electron chi connectivity index (χ3n) is 4.66. The molecule has 1 heterocycles. The first-order valence-electron chi connectivity index (χ1n) is 9.86. The van der Waals surface area contributed by atoms with Crippen LogP contribution < -0.4 is 21.9 Å². The zero-order valence-electron chi connectivity index (χ0n) is 17.7. The van der Waals surface area contributed by atoms with Gasteiger partial charge in [-0.25, -0.2) is 9.36 Å². The van der Waals surface area contributed by atoms with Gasteiger partial charge in [0.1, 0.15) is 6.20 Å². The molecule has 3 rings (SSSR count). The van der Waals surface area contributed by atoms with E-state index in [1.807, 2.05) is 0 Å². The molecule has 0 aliphatic heterocycles. The quantitative estimate of drug-likeness (QED) is 0.408. The van der Waals surface area contributed by atoms with Crippen LogP contribution in [0.4, 0.5) is 0 Å². The van der Waals surface area contributed by atoms with Crippen molar-refractivity contribution in [2.75, 3.05) is 0 Å². The van der Waals surface area contributed by atoms with Crippen LogP contribution in [0.2, 0.25) is 0 Å². The smallest absolute Gasteiger partial charge is 0.328 e. The highest BCUT2D eigenvalue weighted by atomic mass is 35.6. The van der Waals surface area contributed by atoms with Gasteiger partial charge in [-0.05, 0) is 24.3 Å². The molecule has 2 aromatic carbocycles. The van der Waals surface area contributed by atoms with Crippen molar-refractivity contribution >= 4 is 81.4 Å². The van der Waals surface area contributed by atoms with Crippen molar-refractivity contribution in [1.29, 1.82) is 0 Å². The molecular weight excluding hydrogens is 599 g/mol. The minimum Gasteiger partial charge on any atom is -0.328 e. The van der Waals surface area contributed by atoms with E-state index in [0.717, 1.165) is 0 Å². The molecule has 0 aliphatic rings. The van der Waals surface area contributed by atoms with E-state index in [2.05, 4.69) is 15.7 Å². The number of hydrogen-bond donors (Lipinski definition) is 2. The summed E-state index contributed by atoms with van der Waals surface area (Å²) in [5, 5.41) is 8.44. The summed E-state index contributed by atoms with van der Waals surface area (Å²) in [7, 11) is 0. The zero-order valence-corrected chi connectivity index (χ0v) is 22.3. The fourth-order valence-electron chi connectivity index (χ4n) is 3.01. The summed E-state index contributed by atoms with van der Waals surface area (Å²) in [6.45, 7) is 0. The van der Waals surface area contributed by atoms with E-state index in [1.54, 1.807) is 36.4 Å². The molecule has 2 N–H and O–H groups in total. The Hall–Kier alpha value is -2.27. The van der Waals surface area contributed by atoms with Crippen LogP contribution in [0, 0.1) is 0 Å². The van der Waals surface area contributed by atoms with Crippen LogP contribution in [-0.2, 0) is 0 Å². The van der Waals surface area contributed by atoms with Crippen molar-refractivity contribution in [3.8, 4) is 0 Å². The number of alkyl halides is 6. The van der Waals surface area contributed by atoms with E-state index in [0.29, 0.717) is 15.4 Å². The predicted octanol–water partition coefficient (Wildman–Crippen LogP) is 4.00. The van der Waals surface area contributed by atoms with Gasteiger partial charge in [-0.3, -0.25) is 14.4 Å². The summed E-state index contributed by atoms with van der Waals surface area (Å²) < 4.78 is -3.78. The Bertz CT molecular complexity index is 1350. The molecule has 0 aliphatic carbocycles. The van der Waals surface area contributed by atoms with Crippen molar-refractivity contribution < 1.29 is 9.59 Å². The first-order chi connectivity index (χ1) is 16.8. The lowest BCUT2D eigenvalue weighted by atomic mass is 10.2. The summed E-state index contributed by atoms with van der Waals surface area (Å²) in [5.41, 5.74) is -1.95. The molecule has 190 valence electrons. The molecular formula is C21H15Cl6N5O4. The Kier molecular flexibility index (Phi) is 8.97. The fraction of sp³-hybridized carbons (Fsp3) is 0.190. The maximum atomic E-state index is 13.4. The number of rotatable bonds is 6. The van der Waals surface area contributed by atoms with Crippen LogP contribution in [0.3, 0.4) is 0 Å². The van der Waals surface area contributed by atoms with Crippen molar-refractivity contribution in [3.05, 3.63) is 98.8 Å². The van der Waals surface area contributed by atoms with Crippen molar-refractivity contribution in [3.63, 3.8) is 0 Å². The SMILES string of the molecule is O=C(NC(n1ncc(=O)n(C(NC(=O)c2ccccc2)C(Cl)(Cl)Cl)c1=O)C(Cl)(Cl)Cl)c1ccccc1. The van der Waals surface area contributed by atoms with E-state index in [-0.39, 0.29) is 11.1 Å². The lowest BCUT2D eigenvalue weighted by molar-refractivity contribution is 0.0912. The normalized spacial score (nSPS) is 13.5. The summed E-state index contributed by atoms with van der Waals surface area (Å²) in [5.74, 6) is -1.47. The molecule has 1 aromatic heterocycles. The Morgan fingerprint density at radius 1 is 0.722 bits per heavy atom. The highest BCUT2D eigenvalue weighted by Gasteiger charge is 2.41. The van der Waals surface area contributed by atoms with Crippen LogP contribution in [0.1, 0.15) is 33.0 Å². The average molecular weight is 614 g/mol. The molecule has 2 unspecified atom stereocenters. The first-order valence-corrected chi connectivity index (χ1v) is 12.1. The number of amides is 2. The highest BCUT2D eigenvalue weighted by molar-refractivity contribution is 6.68. The van der Waals surface area contributed by atoms with E-state index in [9.17, 15) is 19.2 Å². The first kappa shape index (κ1) is 28.3. The molecule has 15 heteroatoms. The van der Waals surface area contributed by atoms with E-state index < -0.39 is 43.0 Å². The topological polar surface area (TPSA) is 115 Å². The number of nitrogens with zero attached hydrogens (tertiary/aromatic N) is 3. The number of hydrogen-bond acceptors (Lipinski definition) is 5. The number of carbonyl (C=O) groups excluding carboxylic acids is 2. The van der Waals surface area contributed by atoms with Crippen molar-refractivity contribution in [1.82, 2.24) is 25.0 Å². The molecule has 3 aromatic rings. The van der Waals surface area contributed by atoms with Gasteiger partial charge in [0.25, 0.3) is 17.4 Å².